The molecule has 0 saturated carbocycles. The second kappa shape index (κ2) is 8.07. The van der Waals surface area contributed by atoms with Gasteiger partial charge >= 0.3 is 0 Å². The monoisotopic (exact) mass is 358 g/mol. The standard InChI is InChI=1S/C19H22N2O3S/c1-12(2)18(22)20-15-8-5-13(3)17(11-15)21-19(23)14-6-9-16(10-7-14)25(4)24/h5-12H,1-4H3,(H,20,22)(H,21,23). The van der Waals surface area contributed by atoms with Crippen LogP contribution in [-0.2, 0) is 15.6 Å². The number of nitrogens with one attached hydrogen (secondary N) is 2. The molecular formula is C19H22N2O3S. The number of carbonyl (C=O) groups is 2. The van der Waals surface area contributed by atoms with Crippen molar-refractivity contribution in [1.82, 2.24) is 0 Å². The summed E-state index contributed by atoms with van der Waals surface area (Å²) in [4.78, 5) is 24.9. The summed E-state index contributed by atoms with van der Waals surface area (Å²) in [5, 5.41) is 5.67. The third kappa shape index (κ3) is 5.00. The molecule has 0 spiro atoms. The van der Waals surface area contributed by atoms with Gasteiger partial charge in [0, 0.05) is 44.8 Å². The van der Waals surface area contributed by atoms with E-state index in [4.69, 9.17) is 0 Å². The van der Waals surface area contributed by atoms with E-state index in [0.29, 0.717) is 21.8 Å². The number of amides is 2. The molecule has 0 aliphatic rings. The molecule has 0 fully saturated rings. The van der Waals surface area contributed by atoms with Gasteiger partial charge in [0.15, 0.2) is 0 Å². The van der Waals surface area contributed by atoms with Crippen molar-refractivity contribution < 1.29 is 13.8 Å². The van der Waals surface area contributed by atoms with Gasteiger partial charge in [-0.1, -0.05) is 19.9 Å². The molecule has 0 saturated heterocycles. The average molecular weight is 358 g/mol. The van der Waals surface area contributed by atoms with Crippen LogP contribution in [0.5, 0.6) is 0 Å². The summed E-state index contributed by atoms with van der Waals surface area (Å²) >= 11 is 0. The van der Waals surface area contributed by atoms with Gasteiger partial charge in [-0.25, -0.2) is 0 Å². The largest absolute Gasteiger partial charge is 0.326 e. The van der Waals surface area contributed by atoms with Crippen molar-refractivity contribution in [2.75, 3.05) is 16.9 Å². The van der Waals surface area contributed by atoms with E-state index in [1.54, 1.807) is 42.7 Å². The van der Waals surface area contributed by atoms with Crippen LogP contribution in [0.3, 0.4) is 0 Å². The quantitative estimate of drug-likeness (QED) is 0.858. The number of rotatable bonds is 5. The Morgan fingerprint density at radius 3 is 2.20 bits per heavy atom. The fourth-order valence-corrected chi connectivity index (χ4v) is 2.63. The second-order valence-electron chi connectivity index (χ2n) is 6.11. The highest BCUT2D eigenvalue weighted by Gasteiger charge is 2.11. The lowest BCUT2D eigenvalue weighted by atomic mass is 10.1. The van der Waals surface area contributed by atoms with Gasteiger partial charge < -0.3 is 10.6 Å². The molecule has 1 unspecified atom stereocenters. The maximum Gasteiger partial charge on any atom is 0.255 e. The third-order valence-electron chi connectivity index (χ3n) is 3.73. The molecule has 5 nitrogen and oxygen atoms in total. The maximum absolute atomic E-state index is 12.4. The number of aryl methyl sites for hydroxylation is 1. The summed E-state index contributed by atoms with van der Waals surface area (Å²) in [6, 6.07) is 12.0. The lowest BCUT2D eigenvalue weighted by Gasteiger charge is -2.13. The van der Waals surface area contributed by atoms with Crippen molar-refractivity contribution in [3.05, 3.63) is 53.6 Å². The Bertz CT molecular complexity index is 814. The molecule has 0 aliphatic heterocycles. The van der Waals surface area contributed by atoms with Crippen molar-refractivity contribution >= 4 is 34.0 Å². The summed E-state index contributed by atoms with van der Waals surface area (Å²) in [5.41, 5.74) is 2.64. The molecule has 2 N–H and O–H groups in total. The minimum Gasteiger partial charge on any atom is -0.326 e. The van der Waals surface area contributed by atoms with Gasteiger partial charge in [-0.05, 0) is 48.9 Å². The summed E-state index contributed by atoms with van der Waals surface area (Å²) in [6.07, 6.45) is 1.59. The van der Waals surface area contributed by atoms with Crippen LogP contribution in [0.15, 0.2) is 47.4 Å². The van der Waals surface area contributed by atoms with E-state index in [2.05, 4.69) is 10.6 Å². The van der Waals surface area contributed by atoms with E-state index in [1.165, 1.54) is 0 Å². The smallest absolute Gasteiger partial charge is 0.255 e. The van der Waals surface area contributed by atoms with Gasteiger partial charge in [-0.2, -0.15) is 0 Å². The number of anilines is 2. The molecule has 2 amide bonds. The Hall–Kier alpha value is -2.47. The molecule has 6 heteroatoms. The van der Waals surface area contributed by atoms with Crippen molar-refractivity contribution in [2.45, 2.75) is 25.7 Å². The molecule has 0 radical (unpaired) electrons. The molecule has 25 heavy (non-hydrogen) atoms. The highest BCUT2D eigenvalue weighted by Crippen LogP contribution is 2.22. The Balaban J connectivity index is 2.16. The first kappa shape index (κ1) is 18.9. The Morgan fingerprint density at radius 2 is 1.64 bits per heavy atom. The number of hydrogen-bond donors (Lipinski definition) is 2. The van der Waals surface area contributed by atoms with E-state index in [-0.39, 0.29) is 17.7 Å². The van der Waals surface area contributed by atoms with Crippen LogP contribution in [0.2, 0.25) is 0 Å². The van der Waals surface area contributed by atoms with Crippen molar-refractivity contribution in [3.63, 3.8) is 0 Å². The first-order valence-electron chi connectivity index (χ1n) is 7.94. The first-order valence-corrected chi connectivity index (χ1v) is 9.50. The minimum atomic E-state index is -1.08. The molecule has 0 aromatic heterocycles. The summed E-state index contributed by atoms with van der Waals surface area (Å²) < 4.78 is 11.4. The Morgan fingerprint density at radius 1 is 1.00 bits per heavy atom. The molecule has 132 valence electrons. The predicted octanol–water partition coefficient (Wildman–Crippen LogP) is 3.58. The van der Waals surface area contributed by atoms with Crippen LogP contribution >= 0.6 is 0 Å². The number of hydrogen-bond acceptors (Lipinski definition) is 3. The van der Waals surface area contributed by atoms with E-state index in [0.717, 1.165) is 5.56 Å². The molecule has 1 atom stereocenters. The summed E-state index contributed by atoms with van der Waals surface area (Å²) in [5.74, 6) is -0.463. The summed E-state index contributed by atoms with van der Waals surface area (Å²) in [7, 11) is -1.08. The van der Waals surface area contributed by atoms with E-state index in [1.807, 2.05) is 26.8 Å². The highest BCUT2D eigenvalue weighted by atomic mass is 32.2. The average Bonchev–Trinajstić information content (AvgIpc) is 2.57. The Kier molecular flexibility index (Phi) is 6.09. The van der Waals surface area contributed by atoms with Gasteiger partial charge in [-0.15, -0.1) is 0 Å². The molecular weight excluding hydrogens is 336 g/mol. The fourth-order valence-electron chi connectivity index (χ4n) is 2.11. The summed E-state index contributed by atoms with van der Waals surface area (Å²) in [6.45, 7) is 5.52. The predicted molar refractivity (Wildman–Crippen MR) is 101 cm³/mol. The van der Waals surface area contributed by atoms with Crippen LogP contribution < -0.4 is 10.6 Å². The zero-order valence-corrected chi connectivity index (χ0v) is 15.6. The van der Waals surface area contributed by atoms with Gasteiger partial charge in [0.1, 0.15) is 0 Å². The lowest BCUT2D eigenvalue weighted by Crippen LogP contribution is -2.18. The van der Waals surface area contributed by atoms with Crippen LogP contribution in [0.1, 0.15) is 29.8 Å². The van der Waals surface area contributed by atoms with Crippen LogP contribution in [0.4, 0.5) is 11.4 Å². The SMILES string of the molecule is Cc1ccc(NC(=O)C(C)C)cc1NC(=O)c1ccc(S(C)=O)cc1. The third-order valence-corrected chi connectivity index (χ3v) is 4.66. The zero-order valence-electron chi connectivity index (χ0n) is 14.8. The van der Waals surface area contributed by atoms with E-state index < -0.39 is 10.8 Å². The highest BCUT2D eigenvalue weighted by molar-refractivity contribution is 7.84. The number of benzene rings is 2. The van der Waals surface area contributed by atoms with Gasteiger partial charge in [0.25, 0.3) is 5.91 Å². The first-order chi connectivity index (χ1) is 11.8. The van der Waals surface area contributed by atoms with Crippen molar-refractivity contribution in [3.8, 4) is 0 Å². The molecule has 2 aromatic rings. The maximum atomic E-state index is 12.4. The molecule has 2 aromatic carbocycles. The molecule has 0 bridgehead atoms. The zero-order chi connectivity index (χ0) is 18.6. The molecule has 0 heterocycles. The van der Waals surface area contributed by atoms with Gasteiger partial charge in [0.2, 0.25) is 5.91 Å². The van der Waals surface area contributed by atoms with Crippen molar-refractivity contribution in [1.29, 1.82) is 0 Å². The van der Waals surface area contributed by atoms with E-state index >= 15 is 0 Å². The molecule has 2 rings (SSSR count). The lowest BCUT2D eigenvalue weighted by molar-refractivity contribution is -0.118. The van der Waals surface area contributed by atoms with Crippen LogP contribution in [0.25, 0.3) is 0 Å². The normalized spacial score (nSPS) is 11.9. The van der Waals surface area contributed by atoms with Crippen molar-refractivity contribution in [2.24, 2.45) is 5.92 Å². The Labute approximate surface area is 150 Å². The van der Waals surface area contributed by atoms with Gasteiger partial charge in [0.05, 0.1) is 0 Å². The van der Waals surface area contributed by atoms with Gasteiger partial charge in [-0.3, -0.25) is 13.8 Å². The molecule has 0 aliphatic carbocycles. The van der Waals surface area contributed by atoms with Crippen LogP contribution in [-0.4, -0.2) is 22.3 Å². The van der Waals surface area contributed by atoms with E-state index in [9.17, 15) is 13.8 Å². The second-order valence-corrected chi connectivity index (χ2v) is 7.49. The fraction of sp³-hybridized carbons (Fsp3) is 0.263. The topological polar surface area (TPSA) is 75.3 Å². The minimum absolute atomic E-state index is 0.0794. The van der Waals surface area contributed by atoms with Crippen LogP contribution in [0, 0.1) is 12.8 Å². The number of carbonyl (C=O) groups excluding carboxylic acids is 2.